The summed E-state index contributed by atoms with van der Waals surface area (Å²) in [7, 11) is 3.23. The van der Waals surface area contributed by atoms with Gasteiger partial charge < -0.3 is 4.74 Å². The fourth-order valence-corrected chi connectivity index (χ4v) is 3.49. The normalized spacial score (nSPS) is 10.2. The van der Waals surface area contributed by atoms with Crippen LogP contribution in [0.2, 0.25) is 0 Å². The topological polar surface area (TPSA) is 52.1 Å². The molecular formula is C19H13F5N2O2S2. The molecule has 0 saturated carbocycles. The van der Waals surface area contributed by atoms with Gasteiger partial charge in [-0.1, -0.05) is 19.1 Å². The van der Waals surface area contributed by atoms with Crippen LogP contribution in [0.5, 0.6) is 5.75 Å². The number of carbonyl (C=O) groups is 1. The lowest BCUT2D eigenvalue weighted by molar-refractivity contribution is -0.134. The zero-order valence-electron chi connectivity index (χ0n) is 15.2. The van der Waals surface area contributed by atoms with Crippen molar-refractivity contribution in [2.75, 3.05) is 0 Å². The van der Waals surface area contributed by atoms with Crippen LogP contribution in [-0.4, -0.2) is 15.9 Å². The molecule has 1 aromatic carbocycles. The largest absolute Gasteiger partial charge is 0.420 e. The van der Waals surface area contributed by atoms with E-state index in [1.165, 1.54) is 6.92 Å². The highest BCUT2D eigenvalue weighted by Crippen LogP contribution is 2.34. The Morgan fingerprint density at radius 2 is 1.23 bits per heavy atom. The van der Waals surface area contributed by atoms with Crippen LogP contribution in [0.1, 0.15) is 13.3 Å². The van der Waals surface area contributed by atoms with Crippen molar-refractivity contribution in [1.29, 1.82) is 0 Å². The maximum atomic E-state index is 12.9. The lowest BCUT2D eigenvalue weighted by Crippen LogP contribution is -2.12. The van der Waals surface area contributed by atoms with Crippen molar-refractivity contribution < 1.29 is 31.5 Å². The molecule has 0 unspecified atom stereocenters. The lowest BCUT2D eigenvalue weighted by atomic mass is 10.2. The molecule has 0 aliphatic heterocycles. The molecule has 0 fully saturated rings. The summed E-state index contributed by atoms with van der Waals surface area (Å²) in [6.07, 6.45) is 3.32. The summed E-state index contributed by atoms with van der Waals surface area (Å²) in [6, 6.07) is 11.8. The summed E-state index contributed by atoms with van der Waals surface area (Å²) < 4.78 is 67.6. The number of pyridine rings is 2. The Bertz CT molecular complexity index is 927. The molecule has 3 aromatic rings. The van der Waals surface area contributed by atoms with Crippen molar-refractivity contribution in [3.05, 3.63) is 77.9 Å². The van der Waals surface area contributed by atoms with Gasteiger partial charge in [-0.25, -0.2) is 23.1 Å². The minimum atomic E-state index is -2.30. The van der Waals surface area contributed by atoms with E-state index in [4.69, 9.17) is 0 Å². The van der Waals surface area contributed by atoms with Gasteiger partial charge >= 0.3 is 5.97 Å². The molecule has 0 amide bonds. The van der Waals surface area contributed by atoms with Crippen LogP contribution in [0.4, 0.5) is 22.0 Å². The van der Waals surface area contributed by atoms with Crippen molar-refractivity contribution in [3.8, 4) is 5.75 Å². The number of ether oxygens (including phenoxy) is 1. The molecule has 3 rings (SSSR count). The average Bonchev–Trinajstić information content (AvgIpc) is 2.79. The Kier molecular flexibility index (Phi) is 9.06. The van der Waals surface area contributed by atoms with Crippen LogP contribution in [0.25, 0.3) is 0 Å². The Morgan fingerprint density at radius 1 is 0.800 bits per heavy atom. The van der Waals surface area contributed by atoms with E-state index in [1.807, 2.05) is 36.4 Å². The van der Waals surface area contributed by atoms with Gasteiger partial charge in [0.1, 0.15) is 10.1 Å². The van der Waals surface area contributed by atoms with Gasteiger partial charge in [0.2, 0.25) is 34.8 Å². The number of nitrogens with zero attached hydrogens (tertiary/aromatic N) is 2. The van der Waals surface area contributed by atoms with Crippen LogP contribution in [0.3, 0.4) is 0 Å². The molecule has 0 bridgehead atoms. The Hall–Kier alpha value is -2.66. The molecule has 2 heterocycles. The highest BCUT2D eigenvalue weighted by atomic mass is 33.1. The van der Waals surface area contributed by atoms with E-state index in [-0.39, 0.29) is 6.42 Å². The first-order valence-electron chi connectivity index (χ1n) is 8.23. The summed E-state index contributed by atoms with van der Waals surface area (Å²) in [6.45, 7) is 1.30. The predicted octanol–water partition coefficient (Wildman–Crippen LogP) is 5.97. The lowest BCUT2D eigenvalue weighted by Gasteiger charge is -2.07. The molecule has 4 nitrogen and oxygen atoms in total. The van der Waals surface area contributed by atoms with Crippen LogP contribution >= 0.6 is 21.6 Å². The monoisotopic (exact) mass is 460 g/mol. The van der Waals surface area contributed by atoms with E-state index in [2.05, 4.69) is 14.7 Å². The van der Waals surface area contributed by atoms with E-state index in [1.54, 1.807) is 34.0 Å². The molecule has 0 aliphatic rings. The zero-order valence-corrected chi connectivity index (χ0v) is 16.9. The third-order valence-corrected chi connectivity index (χ3v) is 5.34. The fourth-order valence-electron chi connectivity index (χ4n) is 1.74. The van der Waals surface area contributed by atoms with E-state index >= 15 is 0 Å². The molecule has 30 heavy (non-hydrogen) atoms. The molecule has 0 N–H and O–H groups in total. The number of benzene rings is 1. The van der Waals surface area contributed by atoms with E-state index < -0.39 is 40.8 Å². The first kappa shape index (κ1) is 23.6. The minimum absolute atomic E-state index is 0.264. The highest BCUT2D eigenvalue weighted by Gasteiger charge is 2.28. The number of rotatable bonds is 5. The fraction of sp³-hybridized carbons (Fsp3) is 0.105. The van der Waals surface area contributed by atoms with Gasteiger partial charge in [0.15, 0.2) is 0 Å². The van der Waals surface area contributed by atoms with Gasteiger partial charge in [0.05, 0.1) is 0 Å². The Morgan fingerprint density at radius 3 is 1.60 bits per heavy atom. The molecule has 0 radical (unpaired) electrons. The molecular weight excluding hydrogens is 447 g/mol. The average molecular weight is 460 g/mol. The maximum absolute atomic E-state index is 12.9. The van der Waals surface area contributed by atoms with Gasteiger partial charge in [-0.2, -0.15) is 8.78 Å². The third kappa shape index (κ3) is 6.42. The van der Waals surface area contributed by atoms with Gasteiger partial charge in [0, 0.05) is 18.8 Å². The highest BCUT2D eigenvalue weighted by molar-refractivity contribution is 8.76. The van der Waals surface area contributed by atoms with E-state index in [0.717, 1.165) is 10.1 Å². The first-order chi connectivity index (χ1) is 14.3. The van der Waals surface area contributed by atoms with Crippen molar-refractivity contribution in [3.63, 3.8) is 0 Å². The number of carbonyl (C=O) groups excluding carboxylic acids is 1. The van der Waals surface area contributed by atoms with Crippen LogP contribution in [-0.2, 0) is 4.79 Å². The van der Waals surface area contributed by atoms with Crippen molar-refractivity contribution in [2.24, 2.45) is 0 Å². The molecule has 0 spiro atoms. The second-order valence-electron chi connectivity index (χ2n) is 5.23. The van der Waals surface area contributed by atoms with Crippen molar-refractivity contribution in [1.82, 2.24) is 9.97 Å². The number of hydrogen-bond acceptors (Lipinski definition) is 6. The first-order valence-corrected chi connectivity index (χ1v) is 10.4. The smallest absolute Gasteiger partial charge is 0.311 e. The number of hydrogen-bond donors (Lipinski definition) is 0. The van der Waals surface area contributed by atoms with Gasteiger partial charge in [-0.15, -0.1) is 0 Å². The van der Waals surface area contributed by atoms with Crippen molar-refractivity contribution >= 4 is 27.6 Å². The Labute approximate surface area is 176 Å². The van der Waals surface area contributed by atoms with Crippen LogP contribution in [0.15, 0.2) is 58.8 Å². The third-order valence-electron chi connectivity index (χ3n) is 3.16. The quantitative estimate of drug-likeness (QED) is 0.117. The van der Waals surface area contributed by atoms with Crippen LogP contribution in [0, 0.1) is 29.1 Å². The van der Waals surface area contributed by atoms with E-state index in [9.17, 15) is 26.7 Å². The number of halogens is 5. The number of esters is 1. The van der Waals surface area contributed by atoms with Crippen LogP contribution < -0.4 is 4.74 Å². The molecule has 158 valence electrons. The Balaban J connectivity index is 0.000000215. The maximum Gasteiger partial charge on any atom is 0.311 e. The summed E-state index contributed by atoms with van der Waals surface area (Å²) >= 11 is 0. The standard InChI is InChI=1S/C10H8N2S2.C9H5F5O2/c1-3-7-11-9(5-1)13-14-10-6-2-4-8-12-10;1-2-3(15)16-9-7(13)5(11)4(10)6(12)8(9)14/h1-8H;2H2,1H3. The second-order valence-corrected chi connectivity index (χ2v) is 7.40. The van der Waals surface area contributed by atoms with Gasteiger partial charge in [-0.05, 0) is 45.9 Å². The minimum Gasteiger partial charge on any atom is -0.420 e. The summed E-state index contributed by atoms with van der Waals surface area (Å²) in [5, 5.41) is 2.01. The second kappa shape index (κ2) is 11.5. The molecule has 0 aliphatic carbocycles. The zero-order chi connectivity index (χ0) is 22.1. The van der Waals surface area contributed by atoms with Gasteiger partial charge in [0.25, 0.3) is 0 Å². The van der Waals surface area contributed by atoms with Crippen molar-refractivity contribution in [2.45, 2.75) is 23.4 Å². The summed E-state index contributed by atoms with van der Waals surface area (Å²) in [5.74, 6) is -13.6. The SMILES string of the molecule is CCC(=O)Oc1c(F)c(F)c(F)c(F)c1F.c1ccc(SSc2ccccn2)nc1. The summed E-state index contributed by atoms with van der Waals surface area (Å²) in [4.78, 5) is 19.1. The van der Waals surface area contributed by atoms with E-state index in [0.29, 0.717) is 0 Å². The molecule has 2 aromatic heterocycles. The predicted molar refractivity (Wildman–Crippen MR) is 102 cm³/mol. The molecule has 0 atom stereocenters. The number of aromatic nitrogens is 2. The molecule has 11 heteroatoms. The summed E-state index contributed by atoms with van der Waals surface area (Å²) in [5.41, 5.74) is 0. The van der Waals surface area contributed by atoms with Gasteiger partial charge in [-0.3, -0.25) is 4.79 Å². The molecule has 0 saturated heterocycles.